The summed E-state index contributed by atoms with van der Waals surface area (Å²) in [6.45, 7) is 1.69. The molecule has 3 rings (SSSR count). The number of rotatable bonds is 5. The van der Waals surface area contributed by atoms with E-state index in [1.54, 1.807) is 49.4 Å². The van der Waals surface area contributed by atoms with Crippen molar-refractivity contribution in [3.63, 3.8) is 0 Å². The number of nitrogens with one attached hydrogen (secondary N) is 1. The van der Waals surface area contributed by atoms with Crippen molar-refractivity contribution in [2.75, 3.05) is 18.4 Å². The second kappa shape index (κ2) is 8.46. The summed E-state index contributed by atoms with van der Waals surface area (Å²) in [6, 6.07) is 12.6. The van der Waals surface area contributed by atoms with Gasteiger partial charge in [0.25, 0.3) is 5.91 Å². The van der Waals surface area contributed by atoms with Crippen LogP contribution in [0.1, 0.15) is 17.5 Å². The largest absolute Gasteiger partial charge is 0.451 e. The van der Waals surface area contributed by atoms with E-state index < -0.39 is 11.8 Å². The number of likely N-dealkylation sites (N-methyl/N-ethyl adjacent to an activating group) is 1. The summed E-state index contributed by atoms with van der Waals surface area (Å²) in [4.78, 5) is 38.6. The Bertz CT molecular complexity index is 1090. The maximum absolute atomic E-state index is 12.8. The van der Waals surface area contributed by atoms with Gasteiger partial charge in [0, 0.05) is 12.6 Å². The molecule has 0 saturated heterocycles. The van der Waals surface area contributed by atoms with Crippen molar-refractivity contribution in [1.29, 1.82) is 0 Å². The fourth-order valence-electron chi connectivity index (χ4n) is 2.66. The van der Waals surface area contributed by atoms with Crippen LogP contribution < -0.4 is 10.7 Å². The Morgan fingerprint density at radius 2 is 1.75 bits per heavy atom. The molecule has 2 amide bonds. The molecular formula is C20H16Cl2N2O4. The second-order valence-electron chi connectivity index (χ2n) is 5.94. The number of carbonyl (C=O) groups excluding carboxylic acids is 2. The molecule has 0 radical (unpaired) electrons. The average molecular weight is 419 g/mol. The van der Waals surface area contributed by atoms with E-state index in [0.717, 1.165) is 6.07 Å². The maximum atomic E-state index is 12.8. The summed E-state index contributed by atoms with van der Waals surface area (Å²) in [6.07, 6.45) is 0. The molecule has 1 aromatic heterocycles. The minimum absolute atomic E-state index is 0.130. The molecule has 0 unspecified atom stereocenters. The lowest BCUT2D eigenvalue weighted by Crippen LogP contribution is -2.38. The van der Waals surface area contributed by atoms with Gasteiger partial charge in [-0.05, 0) is 31.2 Å². The third-order valence-electron chi connectivity index (χ3n) is 4.08. The first-order valence-electron chi connectivity index (χ1n) is 8.46. The van der Waals surface area contributed by atoms with Crippen LogP contribution in [0.2, 0.25) is 10.0 Å². The lowest BCUT2D eigenvalue weighted by atomic mass is 10.2. The van der Waals surface area contributed by atoms with Crippen LogP contribution in [0.15, 0.2) is 57.7 Å². The Kier molecular flexibility index (Phi) is 6.02. The van der Waals surface area contributed by atoms with Crippen LogP contribution in [-0.2, 0) is 4.79 Å². The molecule has 28 heavy (non-hydrogen) atoms. The summed E-state index contributed by atoms with van der Waals surface area (Å²) in [7, 11) is 0. The summed E-state index contributed by atoms with van der Waals surface area (Å²) in [5.74, 6) is -1.17. The summed E-state index contributed by atoms with van der Waals surface area (Å²) < 4.78 is 5.56. The molecule has 8 heteroatoms. The van der Waals surface area contributed by atoms with E-state index in [0.29, 0.717) is 11.0 Å². The molecule has 2 aromatic carbocycles. The predicted octanol–water partition coefficient (Wildman–Crippen LogP) is 4.20. The molecule has 0 aliphatic carbocycles. The molecule has 6 nitrogen and oxygen atoms in total. The fraction of sp³-hybridized carbons (Fsp3) is 0.150. The van der Waals surface area contributed by atoms with E-state index >= 15 is 0 Å². The number of nitrogens with zero attached hydrogens (tertiary/aromatic N) is 1. The van der Waals surface area contributed by atoms with Crippen molar-refractivity contribution < 1.29 is 14.0 Å². The molecule has 0 spiro atoms. The highest BCUT2D eigenvalue weighted by Crippen LogP contribution is 2.29. The zero-order valence-corrected chi connectivity index (χ0v) is 16.4. The Labute approximate surface area is 170 Å². The SMILES string of the molecule is CCN(CC(=O)Nc1c(Cl)cccc1Cl)C(=O)c1cc(=O)c2ccccc2o1. The van der Waals surface area contributed by atoms with Crippen molar-refractivity contribution in [3.8, 4) is 0 Å². The minimum atomic E-state index is -0.564. The van der Waals surface area contributed by atoms with E-state index in [4.69, 9.17) is 27.6 Å². The van der Waals surface area contributed by atoms with Gasteiger partial charge in [0.15, 0.2) is 11.2 Å². The maximum Gasteiger partial charge on any atom is 0.290 e. The number of para-hydroxylation sites is 2. The lowest BCUT2D eigenvalue weighted by molar-refractivity contribution is -0.116. The Morgan fingerprint density at radius 1 is 1.07 bits per heavy atom. The molecule has 1 N–H and O–H groups in total. The van der Waals surface area contributed by atoms with E-state index in [9.17, 15) is 14.4 Å². The van der Waals surface area contributed by atoms with Gasteiger partial charge in [-0.25, -0.2) is 0 Å². The second-order valence-corrected chi connectivity index (χ2v) is 6.75. The normalized spacial score (nSPS) is 10.7. The number of hydrogen-bond donors (Lipinski definition) is 1. The molecule has 144 valence electrons. The monoisotopic (exact) mass is 418 g/mol. The molecule has 0 aliphatic rings. The molecule has 3 aromatic rings. The first-order valence-corrected chi connectivity index (χ1v) is 9.22. The lowest BCUT2D eigenvalue weighted by Gasteiger charge is -2.20. The Morgan fingerprint density at radius 3 is 2.43 bits per heavy atom. The molecular weight excluding hydrogens is 403 g/mol. The van der Waals surface area contributed by atoms with Crippen LogP contribution >= 0.6 is 23.2 Å². The molecule has 1 heterocycles. The highest BCUT2D eigenvalue weighted by atomic mass is 35.5. The van der Waals surface area contributed by atoms with Crippen molar-refractivity contribution in [2.45, 2.75) is 6.92 Å². The first kappa shape index (κ1) is 19.9. The topological polar surface area (TPSA) is 79.6 Å². The number of fused-ring (bicyclic) bond motifs is 1. The number of halogens is 2. The van der Waals surface area contributed by atoms with Gasteiger partial charge in [0.1, 0.15) is 12.1 Å². The van der Waals surface area contributed by atoms with Crippen molar-refractivity contribution in [1.82, 2.24) is 4.90 Å². The number of carbonyl (C=O) groups is 2. The van der Waals surface area contributed by atoms with Gasteiger partial charge in [0.2, 0.25) is 5.91 Å². The molecule has 0 fully saturated rings. The van der Waals surface area contributed by atoms with Gasteiger partial charge in [-0.2, -0.15) is 0 Å². The van der Waals surface area contributed by atoms with Crippen LogP contribution in [0.4, 0.5) is 5.69 Å². The van der Waals surface area contributed by atoms with Crippen LogP contribution in [0, 0.1) is 0 Å². The predicted molar refractivity (Wildman–Crippen MR) is 109 cm³/mol. The molecule has 0 saturated carbocycles. The van der Waals surface area contributed by atoms with Crippen LogP contribution in [0.25, 0.3) is 11.0 Å². The average Bonchev–Trinajstić information content (AvgIpc) is 2.68. The zero-order valence-electron chi connectivity index (χ0n) is 14.9. The van der Waals surface area contributed by atoms with Crippen molar-refractivity contribution in [2.24, 2.45) is 0 Å². The van der Waals surface area contributed by atoms with Crippen molar-refractivity contribution in [3.05, 3.63) is 74.6 Å². The first-order chi connectivity index (χ1) is 13.4. The number of anilines is 1. The van der Waals surface area contributed by atoms with Gasteiger partial charge in [-0.15, -0.1) is 0 Å². The summed E-state index contributed by atoms with van der Waals surface area (Å²) in [5.41, 5.74) is 0.256. The third kappa shape index (κ3) is 4.18. The van der Waals surface area contributed by atoms with E-state index in [1.807, 2.05) is 0 Å². The Hall–Kier alpha value is -2.83. The number of hydrogen-bond acceptors (Lipinski definition) is 4. The number of amides is 2. The van der Waals surface area contributed by atoms with E-state index in [-0.39, 0.29) is 40.0 Å². The highest BCUT2D eigenvalue weighted by Gasteiger charge is 2.21. The van der Waals surface area contributed by atoms with Gasteiger partial charge in [-0.3, -0.25) is 14.4 Å². The minimum Gasteiger partial charge on any atom is -0.451 e. The molecule has 0 bridgehead atoms. The van der Waals surface area contributed by atoms with Crippen LogP contribution in [-0.4, -0.2) is 29.8 Å². The van der Waals surface area contributed by atoms with Crippen LogP contribution in [0.5, 0.6) is 0 Å². The van der Waals surface area contributed by atoms with Gasteiger partial charge < -0.3 is 14.6 Å². The smallest absolute Gasteiger partial charge is 0.290 e. The van der Waals surface area contributed by atoms with Crippen molar-refractivity contribution >= 4 is 51.7 Å². The molecule has 0 atom stereocenters. The third-order valence-corrected chi connectivity index (χ3v) is 4.71. The molecule has 0 aliphatic heterocycles. The summed E-state index contributed by atoms with van der Waals surface area (Å²) >= 11 is 12.1. The Balaban J connectivity index is 1.80. The quantitative estimate of drug-likeness (QED) is 0.672. The van der Waals surface area contributed by atoms with Gasteiger partial charge >= 0.3 is 0 Å². The standard InChI is InChI=1S/C20H16Cl2N2O4/c1-2-24(11-18(26)23-19-13(21)7-5-8-14(19)22)20(27)17-10-15(25)12-6-3-4-9-16(12)28-17/h3-10H,2,11H2,1H3,(H,23,26). The highest BCUT2D eigenvalue weighted by molar-refractivity contribution is 6.39. The summed E-state index contributed by atoms with van der Waals surface area (Å²) in [5, 5.41) is 3.56. The fourth-order valence-corrected chi connectivity index (χ4v) is 3.15. The zero-order chi connectivity index (χ0) is 20.3. The number of benzene rings is 2. The van der Waals surface area contributed by atoms with E-state index in [1.165, 1.54) is 4.90 Å². The van der Waals surface area contributed by atoms with Crippen LogP contribution in [0.3, 0.4) is 0 Å². The van der Waals surface area contributed by atoms with E-state index in [2.05, 4.69) is 5.32 Å². The van der Waals surface area contributed by atoms with Gasteiger partial charge in [-0.1, -0.05) is 41.4 Å². The van der Waals surface area contributed by atoms with Gasteiger partial charge in [0.05, 0.1) is 21.1 Å².